The van der Waals surface area contributed by atoms with Gasteiger partial charge in [-0.05, 0) is 89.5 Å². The molecule has 0 saturated carbocycles. The van der Waals surface area contributed by atoms with Crippen molar-refractivity contribution < 1.29 is 13.9 Å². The van der Waals surface area contributed by atoms with Crippen LogP contribution >= 0.6 is 38.5 Å². The molecule has 4 rings (SSSR count). The van der Waals surface area contributed by atoms with Crippen LogP contribution in [0.3, 0.4) is 0 Å². The third-order valence-corrected chi connectivity index (χ3v) is 6.85. The molecule has 0 radical (unpaired) electrons. The van der Waals surface area contributed by atoms with E-state index >= 15 is 0 Å². The molecule has 0 spiro atoms. The van der Waals surface area contributed by atoms with Gasteiger partial charge in [0.05, 0.1) is 27.3 Å². The zero-order valence-electron chi connectivity index (χ0n) is 20.5. The molecule has 192 valence electrons. The first-order valence-electron chi connectivity index (χ1n) is 12.0. The van der Waals surface area contributed by atoms with E-state index in [-0.39, 0.29) is 18.0 Å². The number of nitrogens with zero attached hydrogens (tertiary/aromatic N) is 3. The van der Waals surface area contributed by atoms with Crippen LogP contribution in [-0.4, -0.2) is 22.5 Å². The van der Waals surface area contributed by atoms with Crippen molar-refractivity contribution in [1.29, 1.82) is 0 Å². The van der Waals surface area contributed by atoms with Crippen LogP contribution in [0.4, 0.5) is 4.39 Å². The first kappa shape index (κ1) is 27.3. The normalized spacial score (nSPS) is 11.4. The van der Waals surface area contributed by atoms with Gasteiger partial charge in [0.1, 0.15) is 18.2 Å². The standard InChI is InChI=1S/C28H26BrFIN3O3/c1-3-5-9-26-33-24-11-10-20(29)15-22(24)28(35)34(26)32-16-19-13-23(31)27(25(14-19)36-4-2)37-17-18-7-6-8-21(30)12-18/h6-8,10-16H,3-5,9,17H2,1-2H3. The average molecular weight is 678 g/mol. The summed E-state index contributed by atoms with van der Waals surface area (Å²) < 4.78 is 28.4. The number of aromatic nitrogens is 2. The second-order valence-electron chi connectivity index (χ2n) is 8.34. The number of hydrogen-bond donors (Lipinski definition) is 0. The highest BCUT2D eigenvalue weighted by Gasteiger charge is 2.14. The van der Waals surface area contributed by atoms with Crippen molar-refractivity contribution in [2.45, 2.75) is 39.7 Å². The molecule has 0 fully saturated rings. The Morgan fingerprint density at radius 3 is 2.73 bits per heavy atom. The number of ether oxygens (including phenoxy) is 2. The van der Waals surface area contributed by atoms with E-state index in [1.165, 1.54) is 16.8 Å². The van der Waals surface area contributed by atoms with Crippen LogP contribution in [0.5, 0.6) is 11.5 Å². The van der Waals surface area contributed by atoms with Crippen LogP contribution in [0.1, 0.15) is 43.6 Å². The van der Waals surface area contributed by atoms with Crippen molar-refractivity contribution >= 4 is 55.6 Å². The molecule has 1 aromatic heterocycles. The molecule has 6 nitrogen and oxygen atoms in total. The minimum absolute atomic E-state index is 0.204. The van der Waals surface area contributed by atoms with E-state index in [1.807, 2.05) is 31.2 Å². The fourth-order valence-corrected chi connectivity index (χ4v) is 4.92. The summed E-state index contributed by atoms with van der Waals surface area (Å²) in [6.07, 6.45) is 4.14. The second kappa shape index (κ2) is 12.6. The van der Waals surface area contributed by atoms with E-state index in [2.05, 4.69) is 50.5 Å². The molecule has 0 unspecified atom stereocenters. The van der Waals surface area contributed by atoms with Crippen LogP contribution < -0.4 is 15.0 Å². The highest BCUT2D eigenvalue weighted by molar-refractivity contribution is 14.1. The second-order valence-corrected chi connectivity index (χ2v) is 10.4. The average Bonchev–Trinajstić information content (AvgIpc) is 2.87. The topological polar surface area (TPSA) is 65.7 Å². The summed E-state index contributed by atoms with van der Waals surface area (Å²) in [6, 6.07) is 15.5. The fourth-order valence-electron chi connectivity index (χ4n) is 3.78. The Bertz CT molecular complexity index is 1510. The zero-order chi connectivity index (χ0) is 26.4. The predicted octanol–water partition coefficient (Wildman–Crippen LogP) is 7.11. The Kier molecular flexibility index (Phi) is 9.31. The van der Waals surface area contributed by atoms with Gasteiger partial charge in [-0.25, -0.2) is 9.37 Å². The summed E-state index contributed by atoms with van der Waals surface area (Å²) >= 11 is 5.61. The molecular weight excluding hydrogens is 652 g/mol. The maximum absolute atomic E-state index is 13.6. The molecule has 0 aliphatic rings. The predicted molar refractivity (Wildman–Crippen MR) is 156 cm³/mol. The first-order chi connectivity index (χ1) is 17.9. The van der Waals surface area contributed by atoms with Crippen LogP contribution in [0.2, 0.25) is 0 Å². The molecule has 1 heterocycles. The fraction of sp³-hybridized carbons (Fsp3) is 0.250. The summed E-state index contributed by atoms with van der Waals surface area (Å²) in [5, 5.41) is 5.04. The van der Waals surface area contributed by atoms with Gasteiger partial charge >= 0.3 is 0 Å². The molecule has 0 N–H and O–H groups in total. The Labute approximate surface area is 236 Å². The third-order valence-electron chi connectivity index (χ3n) is 5.56. The monoisotopic (exact) mass is 677 g/mol. The van der Waals surface area contributed by atoms with Gasteiger partial charge in [0.2, 0.25) is 0 Å². The number of halogens is 3. The minimum atomic E-state index is -0.309. The number of unbranched alkanes of at least 4 members (excludes halogenated alkanes) is 1. The zero-order valence-corrected chi connectivity index (χ0v) is 24.3. The number of benzene rings is 3. The first-order valence-corrected chi connectivity index (χ1v) is 13.9. The molecule has 0 aliphatic carbocycles. The maximum Gasteiger partial charge on any atom is 0.282 e. The van der Waals surface area contributed by atoms with E-state index in [4.69, 9.17) is 14.5 Å². The van der Waals surface area contributed by atoms with Crippen LogP contribution in [0.15, 0.2) is 69.0 Å². The molecular formula is C28H26BrFIN3O3. The molecule has 9 heteroatoms. The summed E-state index contributed by atoms with van der Waals surface area (Å²) in [4.78, 5) is 18.1. The molecule has 0 bridgehead atoms. The molecule has 0 atom stereocenters. The summed E-state index contributed by atoms with van der Waals surface area (Å²) in [6.45, 7) is 4.63. The van der Waals surface area contributed by atoms with Crippen molar-refractivity contribution in [1.82, 2.24) is 9.66 Å². The van der Waals surface area contributed by atoms with Gasteiger partial charge < -0.3 is 9.47 Å². The Morgan fingerprint density at radius 1 is 1.14 bits per heavy atom. The van der Waals surface area contributed by atoms with Crippen molar-refractivity contribution in [3.63, 3.8) is 0 Å². The minimum Gasteiger partial charge on any atom is -0.490 e. The largest absolute Gasteiger partial charge is 0.490 e. The highest BCUT2D eigenvalue weighted by atomic mass is 127. The highest BCUT2D eigenvalue weighted by Crippen LogP contribution is 2.34. The lowest BCUT2D eigenvalue weighted by atomic mass is 10.2. The van der Waals surface area contributed by atoms with E-state index in [0.717, 1.165) is 32.0 Å². The van der Waals surface area contributed by atoms with E-state index in [0.29, 0.717) is 41.3 Å². The number of rotatable bonds is 10. The van der Waals surface area contributed by atoms with Crippen LogP contribution in [0, 0.1) is 9.39 Å². The van der Waals surface area contributed by atoms with Crippen LogP contribution in [0.25, 0.3) is 10.9 Å². The molecule has 4 aromatic rings. The van der Waals surface area contributed by atoms with Gasteiger partial charge in [0.25, 0.3) is 5.56 Å². The summed E-state index contributed by atoms with van der Waals surface area (Å²) in [5.74, 6) is 1.43. The SMILES string of the molecule is CCCCc1nc2ccc(Br)cc2c(=O)n1N=Cc1cc(I)c(OCc2cccc(F)c2)c(OCC)c1. The maximum atomic E-state index is 13.6. The summed E-state index contributed by atoms with van der Waals surface area (Å²) in [7, 11) is 0. The molecule has 37 heavy (non-hydrogen) atoms. The number of hydrogen-bond acceptors (Lipinski definition) is 5. The van der Waals surface area contributed by atoms with Crippen molar-refractivity contribution in [3.8, 4) is 11.5 Å². The Balaban J connectivity index is 1.69. The number of aryl methyl sites for hydroxylation is 1. The third kappa shape index (κ3) is 6.75. The smallest absolute Gasteiger partial charge is 0.282 e. The van der Waals surface area contributed by atoms with Crippen molar-refractivity contribution in [2.75, 3.05) is 6.61 Å². The van der Waals surface area contributed by atoms with Gasteiger partial charge in [-0.2, -0.15) is 9.78 Å². The van der Waals surface area contributed by atoms with Gasteiger partial charge in [0.15, 0.2) is 11.5 Å². The van der Waals surface area contributed by atoms with Gasteiger partial charge in [-0.3, -0.25) is 4.79 Å². The van der Waals surface area contributed by atoms with Gasteiger partial charge in [-0.15, -0.1) is 0 Å². The Hall–Kier alpha value is -2.79. The van der Waals surface area contributed by atoms with E-state index < -0.39 is 0 Å². The molecule has 3 aromatic carbocycles. The van der Waals surface area contributed by atoms with E-state index in [1.54, 1.807) is 24.4 Å². The Morgan fingerprint density at radius 2 is 1.97 bits per heavy atom. The van der Waals surface area contributed by atoms with Gasteiger partial charge in [-0.1, -0.05) is 41.4 Å². The lowest BCUT2D eigenvalue weighted by Crippen LogP contribution is -2.22. The summed E-state index contributed by atoms with van der Waals surface area (Å²) in [5.41, 5.74) is 1.90. The number of fused-ring (bicyclic) bond motifs is 1. The van der Waals surface area contributed by atoms with E-state index in [9.17, 15) is 9.18 Å². The lowest BCUT2D eigenvalue weighted by molar-refractivity contribution is 0.267. The lowest BCUT2D eigenvalue weighted by Gasteiger charge is -2.15. The van der Waals surface area contributed by atoms with Crippen LogP contribution in [-0.2, 0) is 13.0 Å². The molecule has 0 saturated heterocycles. The van der Waals surface area contributed by atoms with Crippen molar-refractivity contribution in [3.05, 3.63) is 95.8 Å². The van der Waals surface area contributed by atoms with Crippen molar-refractivity contribution in [2.24, 2.45) is 5.10 Å². The molecule has 0 aliphatic heterocycles. The quantitative estimate of drug-likeness (QED) is 0.133. The van der Waals surface area contributed by atoms with Gasteiger partial charge in [0, 0.05) is 10.9 Å². The molecule has 0 amide bonds.